The van der Waals surface area contributed by atoms with Crippen LogP contribution in [0.1, 0.15) is 57.7 Å². The number of amides is 1. The number of para-hydroxylation sites is 2. The van der Waals surface area contributed by atoms with Gasteiger partial charge < -0.3 is 10.4 Å². The number of aromatic carboxylic acids is 1. The summed E-state index contributed by atoms with van der Waals surface area (Å²) in [4.78, 5) is 42.6. The first kappa shape index (κ1) is 25.7. The number of hydrogen-bond acceptors (Lipinski definition) is 4. The highest BCUT2D eigenvalue weighted by atomic mass is 35.5. The molecule has 0 atom stereocenters. The number of imidazole rings is 1. The number of carbonyl (C=O) groups excluding carboxylic acids is 1. The fourth-order valence-corrected chi connectivity index (χ4v) is 5.54. The Balaban J connectivity index is 1.36. The molecular formula is C29H29ClN4O4. The van der Waals surface area contributed by atoms with Crippen LogP contribution in [0.3, 0.4) is 0 Å². The number of benzene rings is 2. The molecule has 0 saturated heterocycles. The van der Waals surface area contributed by atoms with E-state index in [2.05, 4.69) is 10.3 Å². The molecule has 196 valence electrons. The van der Waals surface area contributed by atoms with Crippen LogP contribution in [0.2, 0.25) is 5.02 Å². The molecule has 0 unspecified atom stereocenters. The van der Waals surface area contributed by atoms with Gasteiger partial charge in [-0.15, -0.1) is 0 Å². The van der Waals surface area contributed by atoms with Crippen molar-refractivity contribution in [1.29, 1.82) is 0 Å². The zero-order valence-electron chi connectivity index (χ0n) is 21.3. The van der Waals surface area contributed by atoms with Crippen molar-refractivity contribution >= 4 is 34.5 Å². The van der Waals surface area contributed by atoms with Crippen molar-refractivity contribution < 1.29 is 14.7 Å². The van der Waals surface area contributed by atoms with Crippen molar-refractivity contribution in [3.05, 3.63) is 92.6 Å². The Kier molecular flexibility index (Phi) is 7.08. The summed E-state index contributed by atoms with van der Waals surface area (Å²) < 4.78 is 3.26. The zero-order chi connectivity index (χ0) is 27.0. The minimum Gasteiger partial charge on any atom is -0.478 e. The maximum absolute atomic E-state index is 13.7. The Hall–Kier alpha value is -3.91. The second-order valence-corrected chi connectivity index (χ2v) is 10.5. The van der Waals surface area contributed by atoms with E-state index in [0.717, 1.165) is 36.8 Å². The first-order valence-electron chi connectivity index (χ1n) is 12.7. The minimum absolute atomic E-state index is 0.0425. The van der Waals surface area contributed by atoms with Crippen molar-refractivity contribution in [2.75, 3.05) is 0 Å². The number of hydrogen-bond donors (Lipinski definition) is 2. The highest BCUT2D eigenvalue weighted by molar-refractivity contribution is 6.30. The van der Waals surface area contributed by atoms with Crippen molar-refractivity contribution in [1.82, 2.24) is 19.4 Å². The fourth-order valence-electron chi connectivity index (χ4n) is 5.38. The highest BCUT2D eigenvalue weighted by Crippen LogP contribution is 2.28. The van der Waals surface area contributed by atoms with Crippen molar-refractivity contribution in [2.24, 2.45) is 5.92 Å². The lowest BCUT2D eigenvalue weighted by Gasteiger charge is -2.29. The van der Waals surface area contributed by atoms with Gasteiger partial charge in [-0.05, 0) is 75.8 Å². The summed E-state index contributed by atoms with van der Waals surface area (Å²) in [6.07, 6.45) is 4.85. The molecule has 2 N–H and O–H groups in total. The molecule has 5 rings (SSSR count). The Morgan fingerprint density at radius 1 is 1.03 bits per heavy atom. The predicted octanol–water partition coefficient (Wildman–Crippen LogP) is 5.14. The van der Waals surface area contributed by atoms with Crippen LogP contribution in [0.4, 0.5) is 0 Å². The molecule has 1 aliphatic carbocycles. The van der Waals surface area contributed by atoms with Crippen LogP contribution < -0.4 is 11.0 Å². The van der Waals surface area contributed by atoms with E-state index in [9.17, 15) is 19.5 Å². The molecule has 0 radical (unpaired) electrons. The van der Waals surface area contributed by atoms with E-state index in [1.165, 1.54) is 10.8 Å². The van der Waals surface area contributed by atoms with Crippen LogP contribution in [-0.2, 0) is 6.54 Å². The molecule has 8 nitrogen and oxygen atoms in total. The topological polar surface area (TPSA) is 106 Å². The molecule has 0 aliphatic heterocycles. The second-order valence-electron chi connectivity index (χ2n) is 10.0. The van der Waals surface area contributed by atoms with Crippen LogP contribution in [0, 0.1) is 19.8 Å². The third-order valence-corrected chi connectivity index (χ3v) is 7.59. The number of aromatic nitrogens is 3. The Morgan fingerprint density at radius 3 is 2.45 bits per heavy atom. The number of aryl methyl sites for hydroxylation is 2. The predicted molar refractivity (Wildman–Crippen MR) is 146 cm³/mol. The molecule has 2 aromatic heterocycles. The Labute approximate surface area is 224 Å². The summed E-state index contributed by atoms with van der Waals surface area (Å²) in [6.45, 7) is 4.14. The van der Waals surface area contributed by atoms with Crippen LogP contribution in [0.25, 0.3) is 16.7 Å². The van der Waals surface area contributed by atoms with E-state index in [1.54, 1.807) is 29.7 Å². The Morgan fingerprint density at radius 2 is 1.74 bits per heavy atom. The van der Waals surface area contributed by atoms with Gasteiger partial charge in [0.1, 0.15) is 0 Å². The molecule has 4 aromatic rings. The van der Waals surface area contributed by atoms with Gasteiger partial charge in [-0.1, -0.05) is 35.4 Å². The van der Waals surface area contributed by atoms with E-state index >= 15 is 0 Å². The summed E-state index contributed by atoms with van der Waals surface area (Å²) in [6, 6.07) is 14.3. The summed E-state index contributed by atoms with van der Waals surface area (Å²) in [7, 11) is 0. The van der Waals surface area contributed by atoms with Crippen LogP contribution in [0.15, 0.2) is 59.5 Å². The van der Waals surface area contributed by atoms with E-state index in [4.69, 9.17) is 11.6 Å². The van der Waals surface area contributed by atoms with Crippen molar-refractivity contribution in [2.45, 2.75) is 52.1 Å². The van der Waals surface area contributed by atoms with Crippen molar-refractivity contribution in [3.8, 4) is 5.69 Å². The number of nitrogens with one attached hydrogen (secondary N) is 1. The summed E-state index contributed by atoms with van der Waals surface area (Å²) in [5, 5.41) is 13.3. The largest absolute Gasteiger partial charge is 0.478 e. The van der Waals surface area contributed by atoms with Gasteiger partial charge in [-0.25, -0.2) is 9.59 Å². The normalized spacial score (nSPS) is 17.4. The number of carboxylic acid groups (broad SMARTS) is 1. The van der Waals surface area contributed by atoms with Crippen LogP contribution in [-0.4, -0.2) is 37.1 Å². The van der Waals surface area contributed by atoms with E-state index < -0.39 is 5.97 Å². The maximum Gasteiger partial charge on any atom is 0.337 e. The van der Waals surface area contributed by atoms with Crippen molar-refractivity contribution in [3.63, 3.8) is 0 Å². The summed E-state index contributed by atoms with van der Waals surface area (Å²) in [5.74, 6) is -0.990. The molecule has 2 aromatic carbocycles. The van der Waals surface area contributed by atoms with Gasteiger partial charge in [0.15, 0.2) is 0 Å². The van der Waals surface area contributed by atoms with Crippen LogP contribution >= 0.6 is 11.6 Å². The number of fused-ring (bicyclic) bond motifs is 1. The van der Waals surface area contributed by atoms with Crippen LogP contribution in [0.5, 0.6) is 0 Å². The average Bonchev–Trinajstić information content (AvgIpc) is 3.17. The number of halogens is 1. The van der Waals surface area contributed by atoms with Gasteiger partial charge in [0.05, 0.1) is 38.6 Å². The molecule has 1 aliphatic rings. The first-order valence-corrected chi connectivity index (χ1v) is 13.1. The minimum atomic E-state index is -1.07. The lowest BCUT2D eigenvalue weighted by molar-refractivity contribution is 0.0696. The first-order chi connectivity index (χ1) is 18.2. The monoisotopic (exact) mass is 532 g/mol. The van der Waals surface area contributed by atoms with E-state index in [0.29, 0.717) is 34.0 Å². The smallest absolute Gasteiger partial charge is 0.337 e. The van der Waals surface area contributed by atoms with Gasteiger partial charge in [-0.3, -0.25) is 18.9 Å². The van der Waals surface area contributed by atoms with E-state index in [1.807, 2.05) is 37.3 Å². The molecule has 0 spiro atoms. The van der Waals surface area contributed by atoms with Gasteiger partial charge in [0.2, 0.25) is 0 Å². The fraction of sp³-hybridized carbons (Fsp3) is 0.310. The van der Waals surface area contributed by atoms with Gasteiger partial charge >= 0.3 is 11.7 Å². The molecule has 1 saturated carbocycles. The van der Waals surface area contributed by atoms with Gasteiger partial charge in [0, 0.05) is 18.8 Å². The Bertz CT molecular complexity index is 1600. The lowest BCUT2D eigenvalue weighted by Crippen LogP contribution is -2.39. The van der Waals surface area contributed by atoms with Gasteiger partial charge in [0.25, 0.3) is 5.91 Å². The molecule has 1 fully saturated rings. The molecule has 38 heavy (non-hydrogen) atoms. The zero-order valence-corrected chi connectivity index (χ0v) is 22.0. The van der Waals surface area contributed by atoms with Gasteiger partial charge in [-0.2, -0.15) is 0 Å². The third-order valence-electron chi connectivity index (χ3n) is 7.38. The number of nitrogens with zero attached hydrogens (tertiary/aromatic N) is 3. The third kappa shape index (κ3) is 4.96. The maximum atomic E-state index is 13.7. The molecular weight excluding hydrogens is 504 g/mol. The molecule has 1 amide bonds. The second kappa shape index (κ2) is 10.5. The summed E-state index contributed by atoms with van der Waals surface area (Å²) in [5.41, 5.74) is 3.58. The number of carbonyl (C=O) groups is 2. The molecule has 2 heterocycles. The molecule has 0 bridgehead atoms. The summed E-state index contributed by atoms with van der Waals surface area (Å²) >= 11 is 6.02. The SMILES string of the molecule is Cc1ccc(-n2c(=O)n(C[C@H]3CC[C@H](NC(=O)c4cc(Cl)cnc4C)CC3)c3ccccc32)c(C(=O)O)c1. The molecule has 9 heteroatoms. The quantitative estimate of drug-likeness (QED) is 0.357. The number of carboxylic acids is 1. The number of rotatable bonds is 6. The number of pyridine rings is 1. The van der Waals surface area contributed by atoms with E-state index in [-0.39, 0.29) is 29.1 Å². The standard InChI is InChI=1S/C29H29ClN4O4/c1-17-7-12-24(23(13-17)28(36)37)34-26-6-4-3-5-25(26)33(29(34)38)16-19-8-10-21(11-9-19)32-27(35)22-14-20(30)15-31-18(22)2/h3-7,12-15,19,21H,8-11,16H2,1-2H3,(H,32,35)(H,36,37)/t19-,21-. The average molecular weight is 533 g/mol. The lowest BCUT2D eigenvalue weighted by atomic mass is 9.85. The highest BCUT2D eigenvalue weighted by Gasteiger charge is 2.26.